The van der Waals surface area contributed by atoms with Gasteiger partial charge in [0.1, 0.15) is 11.6 Å². The summed E-state index contributed by atoms with van der Waals surface area (Å²) >= 11 is 1.32. The molecule has 158 valence electrons. The highest BCUT2D eigenvalue weighted by atomic mass is 32.2. The van der Waals surface area contributed by atoms with Crippen LogP contribution in [0.3, 0.4) is 0 Å². The molecule has 5 nitrogen and oxygen atoms in total. The number of halogens is 1. The zero-order valence-electron chi connectivity index (χ0n) is 17.5. The molecule has 0 radical (unpaired) electrons. The Labute approximate surface area is 184 Å². The van der Waals surface area contributed by atoms with Crippen LogP contribution in [0.5, 0.6) is 5.75 Å². The number of phenolic OH excluding ortho intramolecular Hbond substituents is 1. The number of rotatable bonds is 4. The van der Waals surface area contributed by atoms with E-state index in [9.17, 15) is 14.3 Å². The van der Waals surface area contributed by atoms with E-state index >= 15 is 0 Å². The molecule has 0 aliphatic carbocycles. The Kier molecular flexibility index (Phi) is 5.69. The van der Waals surface area contributed by atoms with Gasteiger partial charge in [0.2, 0.25) is 0 Å². The van der Waals surface area contributed by atoms with Crippen molar-refractivity contribution in [3.63, 3.8) is 0 Å². The van der Waals surface area contributed by atoms with Gasteiger partial charge >= 0.3 is 0 Å². The number of nitrogens with zero attached hydrogens (tertiary/aromatic N) is 3. The van der Waals surface area contributed by atoms with Crippen LogP contribution in [0.25, 0.3) is 11.8 Å². The van der Waals surface area contributed by atoms with Crippen molar-refractivity contribution in [1.29, 1.82) is 0 Å². The molecule has 1 fully saturated rings. The monoisotopic (exact) mass is 435 g/mol. The molecular weight excluding hydrogens is 413 g/mol. The summed E-state index contributed by atoms with van der Waals surface area (Å²) < 4.78 is 15.3. The topological polar surface area (TPSA) is 57.8 Å². The molecule has 2 heterocycles. The number of hydrogen-bond donors (Lipinski definition) is 1. The first-order valence-electron chi connectivity index (χ1n) is 9.91. The number of likely N-dealkylation sites (N-methyl/N-ethyl adjacent to an activating group) is 1. The Morgan fingerprint density at radius 2 is 1.77 bits per heavy atom. The molecule has 3 aromatic rings. The fourth-order valence-corrected chi connectivity index (χ4v) is 4.62. The minimum atomic E-state index is -0.323. The Bertz CT molecular complexity index is 1190. The van der Waals surface area contributed by atoms with Crippen LogP contribution < -0.4 is 0 Å². The van der Waals surface area contributed by atoms with Crippen molar-refractivity contribution in [1.82, 2.24) is 9.47 Å². The van der Waals surface area contributed by atoms with Crippen molar-refractivity contribution in [3.8, 4) is 11.4 Å². The number of aromatic hydroxyl groups is 1. The van der Waals surface area contributed by atoms with Gasteiger partial charge in [-0.05, 0) is 98.8 Å². The van der Waals surface area contributed by atoms with Gasteiger partial charge in [0.15, 0.2) is 5.17 Å². The van der Waals surface area contributed by atoms with E-state index in [0.29, 0.717) is 22.3 Å². The van der Waals surface area contributed by atoms with E-state index in [2.05, 4.69) is 9.56 Å². The van der Waals surface area contributed by atoms with Gasteiger partial charge in [0, 0.05) is 23.6 Å². The number of phenols is 1. The molecule has 0 saturated carbocycles. The van der Waals surface area contributed by atoms with E-state index in [1.165, 1.54) is 23.9 Å². The first-order chi connectivity index (χ1) is 14.9. The Balaban J connectivity index is 1.69. The van der Waals surface area contributed by atoms with Gasteiger partial charge < -0.3 is 9.67 Å². The minimum Gasteiger partial charge on any atom is -0.508 e. The van der Waals surface area contributed by atoms with Gasteiger partial charge in [0.25, 0.3) is 5.91 Å². The molecule has 1 amide bonds. The number of amides is 1. The van der Waals surface area contributed by atoms with Crippen LogP contribution in [0.4, 0.5) is 10.1 Å². The number of thioether (sulfide) groups is 1. The number of aryl methyl sites for hydroxylation is 1. The van der Waals surface area contributed by atoms with E-state index in [1.54, 1.807) is 29.2 Å². The first-order valence-corrected chi connectivity index (χ1v) is 10.7. The SMILES string of the molecule is CCN1C(=O)/C(=C\c2cc(C)n(-c3ccc(O)cc3)c2C)SC1=Nc1ccc(F)cc1. The maximum absolute atomic E-state index is 13.2. The standard InChI is InChI=1S/C24H22FN3O2S/c1-4-27-23(30)22(31-24(27)26-19-7-5-18(25)6-8-19)14-17-13-15(2)28(16(17)3)20-9-11-21(29)12-10-20/h5-14,29H,4H2,1-3H3/b22-14+,26-24?. The lowest BCUT2D eigenvalue weighted by molar-refractivity contribution is -0.122. The van der Waals surface area contributed by atoms with Gasteiger partial charge in [-0.25, -0.2) is 9.38 Å². The fourth-order valence-electron chi connectivity index (χ4n) is 3.57. The third-order valence-corrected chi connectivity index (χ3v) is 6.13. The molecule has 1 aliphatic rings. The summed E-state index contributed by atoms with van der Waals surface area (Å²) in [7, 11) is 0. The minimum absolute atomic E-state index is 0.0946. The second kappa shape index (κ2) is 8.43. The molecule has 0 unspecified atom stereocenters. The molecule has 1 saturated heterocycles. The Morgan fingerprint density at radius 1 is 1.10 bits per heavy atom. The number of carbonyl (C=O) groups excluding carboxylic acids is 1. The summed E-state index contributed by atoms with van der Waals surface area (Å²) in [6.45, 7) is 6.40. The lowest BCUT2D eigenvalue weighted by atomic mass is 10.2. The van der Waals surface area contributed by atoms with Crippen LogP contribution in [0.2, 0.25) is 0 Å². The third kappa shape index (κ3) is 4.14. The zero-order valence-corrected chi connectivity index (χ0v) is 18.3. The summed E-state index contributed by atoms with van der Waals surface area (Å²) in [5.41, 5.74) is 4.51. The summed E-state index contributed by atoms with van der Waals surface area (Å²) in [6, 6.07) is 14.9. The van der Waals surface area contributed by atoms with Crippen molar-refractivity contribution in [2.45, 2.75) is 20.8 Å². The summed E-state index contributed by atoms with van der Waals surface area (Å²) in [5.74, 6) is -0.201. The molecule has 31 heavy (non-hydrogen) atoms. The van der Waals surface area contributed by atoms with Crippen molar-refractivity contribution in [2.24, 2.45) is 4.99 Å². The van der Waals surface area contributed by atoms with Crippen LogP contribution in [-0.2, 0) is 4.79 Å². The number of benzene rings is 2. The average Bonchev–Trinajstić information content (AvgIpc) is 3.19. The summed E-state index contributed by atoms with van der Waals surface area (Å²) in [4.78, 5) is 19.7. The number of amidine groups is 1. The lowest BCUT2D eigenvalue weighted by Crippen LogP contribution is -2.28. The second-order valence-corrected chi connectivity index (χ2v) is 8.22. The Morgan fingerprint density at radius 3 is 2.42 bits per heavy atom. The molecule has 7 heteroatoms. The van der Waals surface area contributed by atoms with E-state index in [4.69, 9.17) is 0 Å². The lowest BCUT2D eigenvalue weighted by Gasteiger charge is -2.12. The third-order valence-electron chi connectivity index (χ3n) is 5.12. The molecule has 1 aliphatic heterocycles. The van der Waals surface area contributed by atoms with E-state index < -0.39 is 0 Å². The molecule has 0 atom stereocenters. The van der Waals surface area contributed by atoms with Gasteiger partial charge in [-0.15, -0.1) is 0 Å². The smallest absolute Gasteiger partial charge is 0.266 e. The van der Waals surface area contributed by atoms with Crippen molar-refractivity contribution >= 4 is 34.6 Å². The van der Waals surface area contributed by atoms with E-state index in [-0.39, 0.29) is 17.5 Å². The Hall–Kier alpha value is -3.32. The van der Waals surface area contributed by atoms with Crippen LogP contribution >= 0.6 is 11.8 Å². The molecule has 0 bridgehead atoms. The molecule has 4 rings (SSSR count). The number of aliphatic imine (C=N–C) groups is 1. The summed E-state index contributed by atoms with van der Waals surface area (Å²) in [6.07, 6.45) is 1.89. The fraction of sp³-hybridized carbons (Fsp3) is 0.167. The maximum atomic E-state index is 13.2. The highest BCUT2D eigenvalue weighted by Gasteiger charge is 2.32. The number of hydrogen-bond acceptors (Lipinski definition) is 4. The zero-order chi connectivity index (χ0) is 22.1. The van der Waals surface area contributed by atoms with E-state index in [1.807, 2.05) is 45.0 Å². The van der Waals surface area contributed by atoms with Crippen LogP contribution in [0.1, 0.15) is 23.9 Å². The number of carbonyl (C=O) groups is 1. The van der Waals surface area contributed by atoms with Gasteiger partial charge in [0.05, 0.1) is 10.6 Å². The van der Waals surface area contributed by atoms with E-state index in [0.717, 1.165) is 22.6 Å². The van der Waals surface area contributed by atoms with Crippen molar-refractivity contribution in [2.75, 3.05) is 6.54 Å². The molecule has 0 spiro atoms. The van der Waals surface area contributed by atoms with Gasteiger partial charge in [-0.1, -0.05) is 0 Å². The van der Waals surface area contributed by atoms with Gasteiger partial charge in [-0.3, -0.25) is 9.69 Å². The van der Waals surface area contributed by atoms with Crippen LogP contribution in [0, 0.1) is 19.7 Å². The highest BCUT2D eigenvalue weighted by molar-refractivity contribution is 8.18. The first kappa shape index (κ1) is 20.9. The van der Waals surface area contributed by atoms with Gasteiger partial charge in [-0.2, -0.15) is 0 Å². The molecular formula is C24H22FN3O2S. The maximum Gasteiger partial charge on any atom is 0.266 e. The largest absolute Gasteiger partial charge is 0.508 e. The second-order valence-electron chi connectivity index (χ2n) is 7.21. The highest BCUT2D eigenvalue weighted by Crippen LogP contribution is 2.35. The quantitative estimate of drug-likeness (QED) is 0.546. The molecule has 1 aromatic heterocycles. The predicted octanol–water partition coefficient (Wildman–Crippen LogP) is 5.56. The normalized spacial score (nSPS) is 16.6. The molecule has 2 aromatic carbocycles. The average molecular weight is 436 g/mol. The van der Waals surface area contributed by atoms with Crippen molar-refractivity contribution < 1.29 is 14.3 Å². The number of aromatic nitrogens is 1. The molecule has 1 N–H and O–H groups in total. The van der Waals surface area contributed by atoms with Crippen LogP contribution in [0.15, 0.2) is 64.5 Å². The predicted molar refractivity (Wildman–Crippen MR) is 123 cm³/mol. The van der Waals surface area contributed by atoms with Crippen LogP contribution in [-0.4, -0.2) is 32.2 Å². The van der Waals surface area contributed by atoms with Crippen molar-refractivity contribution in [3.05, 3.63) is 82.3 Å². The summed E-state index contributed by atoms with van der Waals surface area (Å²) in [5, 5.41) is 10.1.